The highest BCUT2D eigenvalue weighted by molar-refractivity contribution is 9.10. The molecular weight excluding hydrogens is 404 g/mol. The van der Waals surface area contributed by atoms with Crippen LogP contribution in [0.1, 0.15) is 12.5 Å². The van der Waals surface area contributed by atoms with E-state index in [1.807, 2.05) is 31.2 Å². The molecule has 0 saturated heterocycles. The van der Waals surface area contributed by atoms with Gasteiger partial charge in [-0.15, -0.1) is 0 Å². The van der Waals surface area contributed by atoms with Gasteiger partial charge in [-0.2, -0.15) is 14.9 Å². The molecule has 1 heterocycles. The van der Waals surface area contributed by atoms with Crippen molar-refractivity contribution in [3.05, 3.63) is 57.3 Å². The minimum absolute atomic E-state index is 0.170. The van der Waals surface area contributed by atoms with Gasteiger partial charge in [-0.1, -0.05) is 12.1 Å². The number of hydrogen-bond donors (Lipinski definition) is 2. The molecule has 0 radical (unpaired) electrons. The van der Waals surface area contributed by atoms with Crippen LogP contribution in [0.3, 0.4) is 0 Å². The van der Waals surface area contributed by atoms with Crippen LogP contribution >= 0.6 is 28.1 Å². The third-order valence-electron chi connectivity index (χ3n) is 3.37. The zero-order valence-corrected chi connectivity index (χ0v) is 15.7. The zero-order chi connectivity index (χ0) is 17.8. The second-order valence-corrected chi connectivity index (χ2v) is 6.29. The Balaban J connectivity index is 2.02. The summed E-state index contributed by atoms with van der Waals surface area (Å²) in [5.41, 5.74) is 1.59. The summed E-state index contributed by atoms with van der Waals surface area (Å²) in [5, 5.41) is 21.0. The molecule has 0 amide bonds. The summed E-state index contributed by atoms with van der Waals surface area (Å²) in [6, 6.07) is 12.7. The highest BCUT2D eigenvalue weighted by atomic mass is 79.9. The number of para-hydroxylation sites is 1. The maximum absolute atomic E-state index is 9.57. The summed E-state index contributed by atoms with van der Waals surface area (Å²) in [6.07, 6.45) is 1.64. The quantitative estimate of drug-likeness (QED) is 0.476. The molecule has 1 aromatic heterocycles. The third-order valence-corrected chi connectivity index (χ3v) is 4.27. The predicted octanol–water partition coefficient (Wildman–Crippen LogP) is 4.36. The molecule has 25 heavy (non-hydrogen) atoms. The summed E-state index contributed by atoms with van der Waals surface area (Å²) in [5.74, 6) is 1.44. The maximum Gasteiger partial charge on any atom is 0.216 e. The summed E-state index contributed by atoms with van der Waals surface area (Å²) in [7, 11) is 0. The van der Waals surface area contributed by atoms with Crippen LogP contribution in [-0.2, 0) is 0 Å². The van der Waals surface area contributed by atoms with Crippen LogP contribution in [0.15, 0.2) is 52.0 Å². The Morgan fingerprint density at radius 2 is 2.16 bits per heavy atom. The molecule has 3 rings (SSSR count). The van der Waals surface area contributed by atoms with Gasteiger partial charge in [0, 0.05) is 0 Å². The fourth-order valence-electron chi connectivity index (χ4n) is 2.23. The van der Waals surface area contributed by atoms with E-state index in [1.54, 1.807) is 24.4 Å². The molecule has 0 aliphatic heterocycles. The Hall–Kier alpha value is -2.45. The number of rotatable bonds is 5. The lowest BCUT2D eigenvalue weighted by Gasteiger charge is -2.08. The van der Waals surface area contributed by atoms with Gasteiger partial charge in [-0.05, 0) is 71.0 Å². The number of nitrogens with one attached hydrogen (secondary N) is 1. The molecule has 3 aromatic rings. The molecule has 0 fully saturated rings. The molecule has 8 heteroatoms. The fourth-order valence-corrected chi connectivity index (χ4v) is 2.81. The van der Waals surface area contributed by atoms with Crippen molar-refractivity contribution in [3.63, 3.8) is 0 Å². The molecule has 0 aliphatic rings. The van der Waals surface area contributed by atoms with E-state index < -0.39 is 0 Å². The largest absolute Gasteiger partial charge is 0.507 e. The summed E-state index contributed by atoms with van der Waals surface area (Å²) < 4.78 is 8.16. The van der Waals surface area contributed by atoms with Crippen molar-refractivity contribution in [2.45, 2.75) is 6.92 Å². The van der Waals surface area contributed by atoms with Gasteiger partial charge in [0.25, 0.3) is 0 Å². The molecule has 0 unspecified atom stereocenters. The van der Waals surface area contributed by atoms with Gasteiger partial charge in [0.1, 0.15) is 11.5 Å². The van der Waals surface area contributed by atoms with E-state index in [0.717, 1.165) is 11.1 Å². The van der Waals surface area contributed by atoms with Crippen LogP contribution in [-0.4, -0.2) is 32.8 Å². The number of benzene rings is 2. The van der Waals surface area contributed by atoms with Crippen LogP contribution < -0.4 is 4.74 Å². The van der Waals surface area contributed by atoms with Crippen molar-refractivity contribution in [1.29, 1.82) is 0 Å². The predicted molar refractivity (Wildman–Crippen MR) is 103 cm³/mol. The van der Waals surface area contributed by atoms with Crippen LogP contribution in [0.5, 0.6) is 11.5 Å². The second-order valence-electron chi connectivity index (χ2n) is 5.05. The van der Waals surface area contributed by atoms with Crippen molar-refractivity contribution < 1.29 is 9.84 Å². The number of phenolic OH excluding ortho intramolecular Hbond substituents is 1. The van der Waals surface area contributed by atoms with E-state index >= 15 is 0 Å². The van der Waals surface area contributed by atoms with E-state index in [-0.39, 0.29) is 5.75 Å². The SMILES string of the molecule is CCOc1ccccc1-c1n[nH]c(=S)n1/N=C\c1ccc(O)c(Br)c1. The molecule has 128 valence electrons. The van der Waals surface area contributed by atoms with Gasteiger partial charge < -0.3 is 9.84 Å². The lowest BCUT2D eigenvalue weighted by Crippen LogP contribution is -1.99. The molecule has 0 saturated carbocycles. The third kappa shape index (κ3) is 3.80. The lowest BCUT2D eigenvalue weighted by atomic mass is 10.2. The number of aromatic nitrogens is 3. The van der Waals surface area contributed by atoms with Gasteiger partial charge in [-0.25, -0.2) is 5.10 Å². The molecule has 0 spiro atoms. The minimum atomic E-state index is 0.170. The number of nitrogens with zero attached hydrogens (tertiary/aromatic N) is 3. The average molecular weight is 419 g/mol. The Kier molecular flexibility index (Phi) is 5.30. The summed E-state index contributed by atoms with van der Waals surface area (Å²) in [6.45, 7) is 2.47. The molecule has 0 atom stereocenters. The molecule has 0 bridgehead atoms. The van der Waals surface area contributed by atoms with E-state index in [1.165, 1.54) is 4.68 Å². The van der Waals surface area contributed by atoms with Gasteiger partial charge in [0.15, 0.2) is 5.82 Å². The van der Waals surface area contributed by atoms with Crippen molar-refractivity contribution in [3.8, 4) is 22.9 Å². The zero-order valence-electron chi connectivity index (χ0n) is 13.3. The smallest absolute Gasteiger partial charge is 0.216 e. The van der Waals surface area contributed by atoms with E-state index in [4.69, 9.17) is 17.0 Å². The normalized spacial score (nSPS) is 11.1. The number of halogens is 1. The first-order chi connectivity index (χ1) is 12.1. The van der Waals surface area contributed by atoms with Crippen LogP contribution in [0, 0.1) is 4.77 Å². The molecule has 0 aliphatic carbocycles. The number of aromatic amines is 1. The van der Waals surface area contributed by atoms with Crippen molar-refractivity contribution in [2.75, 3.05) is 6.61 Å². The van der Waals surface area contributed by atoms with E-state index in [9.17, 15) is 5.11 Å². The Morgan fingerprint density at radius 3 is 2.92 bits per heavy atom. The van der Waals surface area contributed by atoms with Crippen LogP contribution in [0.4, 0.5) is 0 Å². The number of ether oxygens (including phenoxy) is 1. The Morgan fingerprint density at radius 1 is 1.36 bits per heavy atom. The maximum atomic E-state index is 9.57. The van der Waals surface area contributed by atoms with Gasteiger partial charge >= 0.3 is 0 Å². The number of hydrogen-bond acceptors (Lipinski definition) is 5. The minimum Gasteiger partial charge on any atom is -0.507 e. The van der Waals surface area contributed by atoms with Crippen molar-refractivity contribution in [2.24, 2.45) is 5.10 Å². The monoisotopic (exact) mass is 418 g/mol. The Labute approximate surface area is 157 Å². The highest BCUT2D eigenvalue weighted by Crippen LogP contribution is 2.28. The van der Waals surface area contributed by atoms with Crippen molar-refractivity contribution in [1.82, 2.24) is 14.9 Å². The number of aromatic hydroxyl groups is 1. The highest BCUT2D eigenvalue weighted by Gasteiger charge is 2.13. The summed E-state index contributed by atoms with van der Waals surface area (Å²) in [4.78, 5) is 0. The van der Waals surface area contributed by atoms with Crippen LogP contribution in [0.2, 0.25) is 0 Å². The Bertz CT molecular complexity index is 981. The molecular formula is C17H15BrN4O2S. The molecule has 6 nitrogen and oxygen atoms in total. The number of H-pyrrole nitrogens is 1. The second kappa shape index (κ2) is 7.62. The fraction of sp³-hybridized carbons (Fsp3) is 0.118. The molecule has 2 aromatic carbocycles. The summed E-state index contributed by atoms with van der Waals surface area (Å²) >= 11 is 8.57. The first kappa shape index (κ1) is 17.4. The average Bonchev–Trinajstić information content (AvgIpc) is 2.97. The van der Waals surface area contributed by atoms with Crippen LogP contribution in [0.25, 0.3) is 11.4 Å². The first-order valence-corrected chi connectivity index (χ1v) is 8.72. The first-order valence-electron chi connectivity index (χ1n) is 7.52. The lowest BCUT2D eigenvalue weighted by molar-refractivity contribution is 0.341. The van der Waals surface area contributed by atoms with Gasteiger partial charge in [0.05, 0.1) is 22.9 Å². The van der Waals surface area contributed by atoms with Crippen molar-refractivity contribution >= 4 is 34.4 Å². The van der Waals surface area contributed by atoms with Gasteiger partial charge in [-0.3, -0.25) is 0 Å². The topological polar surface area (TPSA) is 75.4 Å². The standard InChI is InChI=1S/C17H15BrN4O2S/c1-2-24-15-6-4-3-5-12(15)16-20-21-17(25)22(16)19-10-11-7-8-14(23)13(18)9-11/h3-10,23H,2H2,1H3,(H,21,25)/b19-10-. The molecule has 2 N–H and O–H groups in total. The van der Waals surface area contributed by atoms with E-state index in [0.29, 0.717) is 27.4 Å². The van der Waals surface area contributed by atoms with E-state index in [2.05, 4.69) is 31.2 Å². The number of phenols is 1. The van der Waals surface area contributed by atoms with Gasteiger partial charge in [0.2, 0.25) is 4.77 Å².